The van der Waals surface area contributed by atoms with Gasteiger partial charge in [0.1, 0.15) is 16.6 Å². The molecule has 1 aliphatic rings. The van der Waals surface area contributed by atoms with Gasteiger partial charge in [-0.1, -0.05) is 17.7 Å². The van der Waals surface area contributed by atoms with Gasteiger partial charge in [-0.25, -0.2) is 0 Å². The second-order valence-electron chi connectivity index (χ2n) is 5.01. The molecule has 1 N–H and O–H groups in total. The highest BCUT2D eigenvalue weighted by molar-refractivity contribution is 7.11. The molecule has 3 rings (SSSR count). The van der Waals surface area contributed by atoms with Crippen molar-refractivity contribution in [2.24, 2.45) is 0 Å². The Kier molecular flexibility index (Phi) is 4.45. The Labute approximate surface area is 136 Å². The van der Waals surface area contributed by atoms with E-state index in [2.05, 4.69) is 33.3 Å². The van der Waals surface area contributed by atoms with Gasteiger partial charge in [-0.15, -0.1) is 11.3 Å². The van der Waals surface area contributed by atoms with Crippen molar-refractivity contribution in [3.8, 4) is 6.07 Å². The first-order valence-electron chi connectivity index (χ1n) is 6.66. The molecule has 0 spiro atoms. The summed E-state index contributed by atoms with van der Waals surface area (Å²) in [6.07, 6.45) is 1.96. The Bertz CT molecular complexity index is 642. The molecule has 7 heteroatoms. The molecule has 0 aliphatic carbocycles. The highest BCUT2D eigenvalue weighted by atomic mass is 35.5. The van der Waals surface area contributed by atoms with Crippen LogP contribution in [0.3, 0.4) is 0 Å². The molecule has 0 radical (unpaired) electrons. The van der Waals surface area contributed by atoms with Gasteiger partial charge in [-0.05, 0) is 35.8 Å². The molecule has 1 aliphatic heterocycles. The predicted octanol–water partition coefficient (Wildman–Crippen LogP) is 3.89. The van der Waals surface area contributed by atoms with Gasteiger partial charge in [-0.2, -0.15) is 9.64 Å². The highest BCUT2D eigenvalue weighted by Crippen LogP contribution is 2.38. The van der Waals surface area contributed by atoms with Gasteiger partial charge in [0.25, 0.3) is 0 Å². The number of aromatic nitrogens is 1. The van der Waals surface area contributed by atoms with E-state index in [9.17, 15) is 0 Å². The molecule has 0 saturated carbocycles. The summed E-state index contributed by atoms with van der Waals surface area (Å²) >= 11 is 8.94. The van der Waals surface area contributed by atoms with Crippen LogP contribution in [0.5, 0.6) is 0 Å². The van der Waals surface area contributed by atoms with Crippen LogP contribution in [0.15, 0.2) is 17.5 Å². The fraction of sp³-hybridized carbons (Fsp3) is 0.429. The van der Waals surface area contributed by atoms with Crippen molar-refractivity contribution in [1.29, 1.82) is 5.26 Å². The Morgan fingerprint density at radius 1 is 1.48 bits per heavy atom. The van der Waals surface area contributed by atoms with Crippen LogP contribution in [0.4, 0.5) is 5.00 Å². The van der Waals surface area contributed by atoms with Crippen LogP contribution in [0, 0.1) is 11.3 Å². The number of ether oxygens (including phenoxy) is 1. The first-order valence-corrected chi connectivity index (χ1v) is 8.69. The number of anilines is 1. The lowest BCUT2D eigenvalue weighted by Gasteiger charge is -2.36. The number of nitriles is 1. The summed E-state index contributed by atoms with van der Waals surface area (Å²) in [7, 11) is 0. The van der Waals surface area contributed by atoms with E-state index >= 15 is 0 Å². The Hall–Kier alpha value is -1.13. The van der Waals surface area contributed by atoms with Crippen LogP contribution < -0.4 is 5.32 Å². The maximum absolute atomic E-state index is 9.15. The molecular formula is C14H14ClN3OS2. The number of thiophene rings is 1. The molecule has 0 unspecified atom stereocenters. The van der Waals surface area contributed by atoms with Gasteiger partial charge < -0.3 is 10.1 Å². The first kappa shape index (κ1) is 14.8. The maximum atomic E-state index is 9.15. The number of hydrogen-bond donors (Lipinski definition) is 1. The van der Waals surface area contributed by atoms with Crippen molar-refractivity contribution in [3.05, 3.63) is 33.1 Å². The number of hydrogen-bond acceptors (Lipinski definition) is 6. The summed E-state index contributed by atoms with van der Waals surface area (Å²) in [5, 5.41) is 15.7. The summed E-state index contributed by atoms with van der Waals surface area (Å²) in [5.41, 5.74) is 0.505. The normalized spacial score (nSPS) is 17.3. The van der Waals surface area contributed by atoms with Crippen molar-refractivity contribution in [3.63, 3.8) is 0 Å². The largest absolute Gasteiger partial charge is 0.381 e. The third kappa shape index (κ3) is 2.92. The molecule has 0 aromatic carbocycles. The topological polar surface area (TPSA) is 57.9 Å². The van der Waals surface area contributed by atoms with Crippen LogP contribution >= 0.6 is 34.5 Å². The van der Waals surface area contributed by atoms with E-state index in [-0.39, 0.29) is 10.6 Å². The van der Waals surface area contributed by atoms with Crippen LogP contribution in [-0.4, -0.2) is 24.1 Å². The van der Waals surface area contributed by atoms with Crippen LogP contribution in [-0.2, 0) is 10.2 Å². The van der Waals surface area contributed by atoms with E-state index in [4.69, 9.17) is 21.6 Å². The third-order valence-corrected chi connectivity index (χ3v) is 6.14. The number of rotatable bonds is 4. The maximum Gasteiger partial charge on any atom is 0.162 e. The standard InChI is InChI=1S/C14H14ClN3OS2/c15-12-10(8-16)13(21-18-12)17-9-14(3-5-19-6-4-14)11-2-1-7-20-11/h1-2,7,17H,3-6,9H2. The van der Waals surface area contributed by atoms with E-state index < -0.39 is 0 Å². The van der Waals surface area contributed by atoms with Gasteiger partial charge in [0.15, 0.2) is 5.15 Å². The number of halogens is 1. The van der Waals surface area contributed by atoms with E-state index in [1.165, 1.54) is 16.4 Å². The lowest BCUT2D eigenvalue weighted by atomic mass is 9.78. The zero-order valence-electron chi connectivity index (χ0n) is 11.3. The number of nitrogens with zero attached hydrogens (tertiary/aromatic N) is 2. The fourth-order valence-corrected chi connectivity index (χ4v) is 4.51. The molecule has 1 saturated heterocycles. The second kappa shape index (κ2) is 6.32. The van der Waals surface area contributed by atoms with Crippen LogP contribution in [0.25, 0.3) is 0 Å². The molecule has 0 bridgehead atoms. The number of nitrogens with one attached hydrogen (secondary N) is 1. The Balaban J connectivity index is 1.81. The molecule has 2 aromatic heterocycles. The minimum Gasteiger partial charge on any atom is -0.381 e. The van der Waals surface area contributed by atoms with Gasteiger partial charge in [0, 0.05) is 30.1 Å². The molecule has 110 valence electrons. The van der Waals surface area contributed by atoms with E-state index in [1.54, 1.807) is 11.3 Å². The molecule has 2 aromatic rings. The lowest BCUT2D eigenvalue weighted by molar-refractivity contribution is 0.0556. The van der Waals surface area contributed by atoms with Crippen molar-refractivity contribution >= 4 is 39.5 Å². The average Bonchev–Trinajstić information content (AvgIpc) is 3.16. The summed E-state index contributed by atoms with van der Waals surface area (Å²) in [5.74, 6) is 0. The molecule has 0 atom stereocenters. The Morgan fingerprint density at radius 2 is 2.29 bits per heavy atom. The van der Waals surface area contributed by atoms with Gasteiger partial charge in [0.2, 0.25) is 0 Å². The van der Waals surface area contributed by atoms with Gasteiger partial charge in [-0.3, -0.25) is 0 Å². The highest BCUT2D eigenvalue weighted by Gasteiger charge is 2.35. The molecule has 4 nitrogen and oxygen atoms in total. The van der Waals surface area contributed by atoms with Gasteiger partial charge >= 0.3 is 0 Å². The zero-order valence-corrected chi connectivity index (χ0v) is 13.7. The minimum absolute atomic E-state index is 0.0651. The summed E-state index contributed by atoms with van der Waals surface area (Å²) in [6.45, 7) is 2.31. The first-order chi connectivity index (χ1) is 10.2. The van der Waals surface area contributed by atoms with E-state index in [0.717, 1.165) is 37.6 Å². The zero-order chi connectivity index (χ0) is 14.7. The smallest absolute Gasteiger partial charge is 0.162 e. The average molecular weight is 340 g/mol. The molecule has 21 heavy (non-hydrogen) atoms. The third-order valence-electron chi connectivity index (χ3n) is 3.84. The lowest BCUT2D eigenvalue weighted by Crippen LogP contribution is -2.39. The Morgan fingerprint density at radius 3 is 2.95 bits per heavy atom. The molecule has 0 amide bonds. The molecule has 1 fully saturated rings. The van der Waals surface area contributed by atoms with Gasteiger partial charge in [0.05, 0.1) is 0 Å². The summed E-state index contributed by atoms with van der Waals surface area (Å²) in [6, 6.07) is 6.38. The minimum atomic E-state index is 0.0651. The van der Waals surface area contributed by atoms with Crippen molar-refractivity contribution in [2.45, 2.75) is 18.3 Å². The molecule has 3 heterocycles. The quantitative estimate of drug-likeness (QED) is 0.918. The van der Waals surface area contributed by atoms with E-state index in [0.29, 0.717) is 5.56 Å². The van der Waals surface area contributed by atoms with Crippen LogP contribution in [0.1, 0.15) is 23.3 Å². The van der Waals surface area contributed by atoms with Crippen molar-refractivity contribution in [1.82, 2.24) is 4.37 Å². The summed E-state index contributed by atoms with van der Waals surface area (Å²) in [4.78, 5) is 1.37. The van der Waals surface area contributed by atoms with Crippen LogP contribution in [0.2, 0.25) is 5.15 Å². The predicted molar refractivity (Wildman–Crippen MR) is 86.4 cm³/mol. The van der Waals surface area contributed by atoms with Crippen molar-refractivity contribution in [2.75, 3.05) is 25.1 Å². The SMILES string of the molecule is N#Cc1c(Cl)nsc1NCC1(c2cccs2)CCOCC1. The van der Waals surface area contributed by atoms with E-state index in [1.807, 2.05) is 0 Å². The second-order valence-corrected chi connectivity index (χ2v) is 7.09. The summed E-state index contributed by atoms with van der Waals surface area (Å²) < 4.78 is 9.55. The fourth-order valence-electron chi connectivity index (χ4n) is 2.59. The monoisotopic (exact) mass is 339 g/mol. The van der Waals surface area contributed by atoms with Crippen molar-refractivity contribution < 1.29 is 4.74 Å². The molecular weight excluding hydrogens is 326 g/mol.